The molecule has 3 aromatic rings. The van der Waals surface area contributed by atoms with Gasteiger partial charge in [0.1, 0.15) is 5.76 Å². The standard InChI is InChI=1S/C17H12N4O6S2/c18-29(24,25)12-5-3-10(4-6-12)15-20-19-14(27-15)8-13-16(22)21(17(23)28-13)9-11-2-1-7-26-11/h1-8H,9H2,(H2,18,24,25)/b13-8+. The summed E-state index contributed by atoms with van der Waals surface area (Å²) in [7, 11) is -3.81. The van der Waals surface area contributed by atoms with Crippen molar-refractivity contribution >= 4 is 39.0 Å². The van der Waals surface area contributed by atoms with Gasteiger partial charge >= 0.3 is 0 Å². The van der Waals surface area contributed by atoms with Crippen LogP contribution in [0.2, 0.25) is 0 Å². The van der Waals surface area contributed by atoms with Gasteiger partial charge in [0.15, 0.2) is 0 Å². The van der Waals surface area contributed by atoms with Gasteiger partial charge in [0.25, 0.3) is 11.1 Å². The van der Waals surface area contributed by atoms with E-state index in [9.17, 15) is 18.0 Å². The molecule has 1 saturated heterocycles. The van der Waals surface area contributed by atoms with Crippen molar-refractivity contribution < 1.29 is 26.8 Å². The van der Waals surface area contributed by atoms with Crippen LogP contribution in [-0.2, 0) is 21.4 Å². The lowest BCUT2D eigenvalue weighted by atomic mass is 10.2. The van der Waals surface area contributed by atoms with Gasteiger partial charge < -0.3 is 8.83 Å². The molecule has 12 heteroatoms. The molecule has 1 aliphatic rings. The van der Waals surface area contributed by atoms with Gasteiger partial charge in [-0.1, -0.05) is 0 Å². The van der Waals surface area contributed by atoms with Gasteiger partial charge in [-0.2, -0.15) is 0 Å². The van der Waals surface area contributed by atoms with Crippen molar-refractivity contribution in [3.63, 3.8) is 0 Å². The summed E-state index contributed by atoms with van der Waals surface area (Å²) in [5.41, 5.74) is 0.468. The molecule has 2 amide bonds. The van der Waals surface area contributed by atoms with Crippen LogP contribution in [0.3, 0.4) is 0 Å². The number of sulfonamides is 1. The fourth-order valence-corrected chi connectivity index (χ4v) is 3.82. The number of aromatic nitrogens is 2. The monoisotopic (exact) mass is 432 g/mol. The summed E-state index contributed by atoms with van der Waals surface area (Å²) < 4.78 is 33.3. The second kappa shape index (κ2) is 7.31. The van der Waals surface area contributed by atoms with Crippen LogP contribution in [-0.4, -0.2) is 34.7 Å². The van der Waals surface area contributed by atoms with Crippen molar-refractivity contribution in [1.82, 2.24) is 15.1 Å². The van der Waals surface area contributed by atoms with E-state index in [-0.39, 0.29) is 28.1 Å². The lowest BCUT2D eigenvalue weighted by Crippen LogP contribution is -2.27. The van der Waals surface area contributed by atoms with Crippen LogP contribution in [0.25, 0.3) is 17.5 Å². The van der Waals surface area contributed by atoms with E-state index >= 15 is 0 Å². The van der Waals surface area contributed by atoms with Crippen LogP contribution >= 0.6 is 11.8 Å². The van der Waals surface area contributed by atoms with E-state index in [0.29, 0.717) is 11.3 Å². The Morgan fingerprint density at radius 3 is 2.55 bits per heavy atom. The highest BCUT2D eigenvalue weighted by atomic mass is 32.2. The molecule has 1 aromatic carbocycles. The van der Waals surface area contributed by atoms with Crippen molar-refractivity contribution in [3.8, 4) is 11.5 Å². The lowest BCUT2D eigenvalue weighted by molar-refractivity contribution is -0.123. The first-order valence-corrected chi connectivity index (χ1v) is 10.4. The third kappa shape index (κ3) is 3.99. The summed E-state index contributed by atoms with van der Waals surface area (Å²) >= 11 is 0.757. The van der Waals surface area contributed by atoms with Gasteiger partial charge in [0.2, 0.25) is 21.8 Å². The number of hydrogen-bond donors (Lipinski definition) is 1. The number of primary sulfonamides is 1. The Morgan fingerprint density at radius 2 is 1.90 bits per heavy atom. The maximum atomic E-state index is 12.5. The maximum Gasteiger partial charge on any atom is 0.293 e. The SMILES string of the molecule is NS(=O)(=O)c1ccc(-c2nnc(/C=C3/SC(=O)N(Cc4ccco4)C3=O)o2)cc1. The minimum Gasteiger partial charge on any atom is -0.467 e. The molecule has 0 atom stereocenters. The minimum atomic E-state index is -3.81. The summed E-state index contributed by atoms with van der Waals surface area (Å²) in [4.78, 5) is 25.7. The number of benzene rings is 1. The number of imide groups is 1. The number of thioether (sulfide) groups is 1. The van der Waals surface area contributed by atoms with Gasteiger partial charge in [-0.3, -0.25) is 14.5 Å². The van der Waals surface area contributed by atoms with Crippen LogP contribution in [0.15, 0.2) is 61.3 Å². The van der Waals surface area contributed by atoms with Gasteiger partial charge in [-0.05, 0) is 48.2 Å². The summed E-state index contributed by atoms with van der Waals surface area (Å²) in [6.45, 7) is 0.0283. The number of nitrogens with two attached hydrogens (primary N) is 1. The Morgan fingerprint density at radius 1 is 1.14 bits per heavy atom. The van der Waals surface area contributed by atoms with Crippen LogP contribution in [0, 0.1) is 0 Å². The second-order valence-corrected chi connectivity index (χ2v) is 8.42. The van der Waals surface area contributed by atoms with Crippen molar-refractivity contribution in [2.75, 3.05) is 0 Å². The average molecular weight is 432 g/mol. The molecule has 0 saturated carbocycles. The zero-order valence-electron chi connectivity index (χ0n) is 14.5. The zero-order chi connectivity index (χ0) is 20.6. The molecule has 1 aliphatic heterocycles. The summed E-state index contributed by atoms with van der Waals surface area (Å²) in [6, 6.07) is 8.89. The van der Waals surface area contributed by atoms with Gasteiger partial charge in [0, 0.05) is 11.6 Å². The first kappa shape index (κ1) is 19.1. The van der Waals surface area contributed by atoms with Crippen LogP contribution in [0.5, 0.6) is 0 Å². The normalized spacial score (nSPS) is 16.2. The topological polar surface area (TPSA) is 150 Å². The van der Waals surface area contributed by atoms with E-state index in [4.69, 9.17) is 14.0 Å². The molecule has 0 aliphatic carbocycles. The zero-order valence-corrected chi connectivity index (χ0v) is 16.1. The molecular formula is C17H12N4O6S2. The van der Waals surface area contributed by atoms with Crippen molar-refractivity contribution in [1.29, 1.82) is 0 Å². The third-order valence-electron chi connectivity index (χ3n) is 3.89. The smallest absolute Gasteiger partial charge is 0.293 e. The van der Waals surface area contributed by atoms with Gasteiger partial charge in [-0.25, -0.2) is 13.6 Å². The number of nitrogens with zero attached hydrogens (tertiary/aromatic N) is 3. The predicted octanol–water partition coefficient (Wildman–Crippen LogP) is 2.21. The molecule has 0 radical (unpaired) electrons. The van der Waals surface area contributed by atoms with E-state index < -0.39 is 21.2 Å². The Kier molecular flexibility index (Phi) is 4.82. The number of carbonyl (C=O) groups excluding carboxylic acids is 2. The lowest BCUT2D eigenvalue weighted by Gasteiger charge is -2.09. The quantitative estimate of drug-likeness (QED) is 0.599. The molecular weight excluding hydrogens is 420 g/mol. The molecule has 2 N–H and O–H groups in total. The van der Waals surface area contributed by atoms with Crippen LogP contribution in [0.1, 0.15) is 11.7 Å². The average Bonchev–Trinajstić information content (AvgIpc) is 3.40. The number of amides is 2. The number of hydrogen-bond acceptors (Lipinski definition) is 9. The number of furan rings is 1. The van der Waals surface area contributed by atoms with Crippen LogP contribution in [0.4, 0.5) is 4.79 Å². The summed E-state index contributed by atoms with van der Waals surface area (Å²) in [6.07, 6.45) is 2.78. The Bertz CT molecular complexity index is 1210. The molecule has 29 heavy (non-hydrogen) atoms. The molecule has 2 aromatic heterocycles. The molecule has 4 rings (SSSR count). The molecule has 10 nitrogen and oxygen atoms in total. The number of rotatable bonds is 5. The Hall–Kier alpha value is -3.22. The second-order valence-electron chi connectivity index (χ2n) is 5.86. The molecule has 1 fully saturated rings. The third-order valence-corrected chi connectivity index (χ3v) is 5.73. The minimum absolute atomic E-state index is 0.0269. The molecule has 0 bridgehead atoms. The highest BCUT2D eigenvalue weighted by Crippen LogP contribution is 2.33. The predicted molar refractivity (Wildman–Crippen MR) is 101 cm³/mol. The highest BCUT2D eigenvalue weighted by Gasteiger charge is 2.36. The van der Waals surface area contributed by atoms with E-state index in [1.807, 2.05) is 0 Å². The summed E-state index contributed by atoms with van der Waals surface area (Å²) in [5.74, 6) is 0.135. The first-order valence-electron chi connectivity index (χ1n) is 8.06. The van der Waals surface area contributed by atoms with Crippen molar-refractivity contribution in [2.24, 2.45) is 5.14 Å². The van der Waals surface area contributed by atoms with Crippen LogP contribution < -0.4 is 5.14 Å². The highest BCUT2D eigenvalue weighted by molar-refractivity contribution is 8.18. The van der Waals surface area contributed by atoms with Gasteiger partial charge in [0.05, 0.1) is 22.6 Å². The van der Waals surface area contributed by atoms with Gasteiger partial charge in [-0.15, -0.1) is 10.2 Å². The maximum absolute atomic E-state index is 12.5. The molecule has 0 unspecified atom stereocenters. The van der Waals surface area contributed by atoms with E-state index in [1.54, 1.807) is 12.1 Å². The summed E-state index contributed by atoms with van der Waals surface area (Å²) in [5, 5.41) is 12.3. The fraction of sp³-hybridized carbons (Fsp3) is 0.0588. The Labute approximate surface area is 168 Å². The van der Waals surface area contributed by atoms with Crippen molar-refractivity contribution in [2.45, 2.75) is 11.4 Å². The Balaban J connectivity index is 1.53. The largest absolute Gasteiger partial charge is 0.467 e. The van der Waals surface area contributed by atoms with E-state index in [1.165, 1.54) is 36.6 Å². The molecule has 0 spiro atoms. The molecule has 3 heterocycles. The number of carbonyl (C=O) groups is 2. The first-order chi connectivity index (χ1) is 13.8. The van der Waals surface area contributed by atoms with Crippen molar-refractivity contribution in [3.05, 3.63) is 59.2 Å². The molecule has 148 valence electrons. The van der Waals surface area contributed by atoms with E-state index in [0.717, 1.165) is 16.7 Å². The van der Waals surface area contributed by atoms with E-state index in [2.05, 4.69) is 10.2 Å². The fourth-order valence-electron chi connectivity index (χ4n) is 2.50.